The van der Waals surface area contributed by atoms with Crippen molar-refractivity contribution in [3.8, 4) is 11.5 Å². The van der Waals surface area contributed by atoms with Crippen molar-refractivity contribution in [1.29, 1.82) is 0 Å². The van der Waals surface area contributed by atoms with Crippen molar-refractivity contribution >= 4 is 28.6 Å². The highest BCUT2D eigenvalue weighted by Gasteiger charge is 2.50. The summed E-state index contributed by atoms with van der Waals surface area (Å²) in [6.07, 6.45) is 7.90. The Labute approximate surface area is 286 Å². The van der Waals surface area contributed by atoms with E-state index >= 15 is 4.39 Å². The maximum Gasteiger partial charge on any atom is 0.312 e. The minimum absolute atomic E-state index is 0.0380. The molecule has 49 heavy (non-hydrogen) atoms. The van der Waals surface area contributed by atoms with Gasteiger partial charge in [-0.2, -0.15) is 0 Å². The Hall–Kier alpha value is -4.40. The molecule has 3 aromatic carbocycles. The van der Waals surface area contributed by atoms with Crippen LogP contribution >= 0.6 is 0 Å². The Kier molecular flexibility index (Phi) is 8.88. The molecular formula is C40H45FN2O6. The molecule has 4 aliphatic rings. The molecular weight excluding hydrogens is 623 g/mol. The standard InChI is InChI=1S/C40H45FN2O6/c1-39(14-7-15-39)23-42-37(45)35-29-18-26(29)19-32(35)43-36(44)30-20-34(31(41)21-33(30)47-3)49-27-12-16-40(2,17-13-27)38(46)48-22-25-10-6-9-24-8-4-5-11-28(24)25/h4-6,8-11,18,20-21,27,29,32,35H,7,12-17,19,22-23H2,1-3H3,(H,42,45)(H,43,44)/t27?,29-,32+,35-,40?/m0/s1. The number of methoxy groups -OCH3 is 1. The van der Waals surface area contributed by atoms with Crippen LogP contribution in [0.2, 0.25) is 0 Å². The molecule has 0 bridgehead atoms. The van der Waals surface area contributed by atoms with Crippen LogP contribution in [-0.4, -0.2) is 43.6 Å². The number of rotatable bonds is 11. The lowest BCUT2D eigenvalue weighted by Gasteiger charge is -2.38. The van der Waals surface area contributed by atoms with E-state index in [4.69, 9.17) is 14.2 Å². The van der Waals surface area contributed by atoms with Gasteiger partial charge in [0.1, 0.15) is 12.4 Å². The van der Waals surface area contributed by atoms with E-state index in [-0.39, 0.29) is 64.9 Å². The van der Waals surface area contributed by atoms with Crippen molar-refractivity contribution < 1.29 is 33.0 Å². The van der Waals surface area contributed by atoms with Gasteiger partial charge in [0.05, 0.1) is 30.1 Å². The molecule has 2 amide bonds. The lowest BCUT2D eigenvalue weighted by molar-refractivity contribution is -0.159. The first-order valence-corrected chi connectivity index (χ1v) is 17.5. The maximum atomic E-state index is 15.3. The molecule has 0 heterocycles. The number of carbonyl (C=O) groups is 3. The largest absolute Gasteiger partial charge is 0.496 e. The zero-order valence-electron chi connectivity index (χ0n) is 28.5. The minimum atomic E-state index is -0.677. The van der Waals surface area contributed by atoms with Gasteiger partial charge in [-0.25, -0.2) is 4.39 Å². The van der Waals surface area contributed by atoms with Gasteiger partial charge in [0.25, 0.3) is 5.91 Å². The molecule has 0 aliphatic heterocycles. The van der Waals surface area contributed by atoms with E-state index in [1.165, 1.54) is 31.2 Å². The third kappa shape index (κ3) is 6.77. The molecule has 0 saturated heterocycles. The third-order valence-electron chi connectivity index (χ3n) is 11.4. The first-order valence-electron chi connectivity index (χ1n) is 17.5. The van der Waals surface area contributed by atoms with Crippen molar-refractivity contribution in [3.63, 3.8) is 0 Å². The van der Waals surface area contributed by atoms with Crippen LogP contribution < -0.4 is 20.1 Å². The Bertz CT molecular complexity index is 1800. The Morgan fingerprint density at radius 1 is 0.959 bits per heavy atom. The molecule has 258 valence electrons. The average Bonchev–Trinajstić information content (AvgIpc) is 3.76. The van der Waals surface area contributed by atoms with Crippen molar-refractivity contribution in [2.24, 2.45) is 22.7 Å². The fourth-order valence-corrected chi connectivity index (χ4v) is 7.90. The van der Waals surface area contributed by atoms with Gasteiger partial charge in [-0.05, 0) is 79.7 Å². The summed E-state index contributed by atoms with van der Waals surface area (Å²) in [6, 6.07) is 16.2. The van der Waals surface area contributed by atoms with Gasteiger partial charge >= 0.3 is 5.97 Å². The predicted octanol–water partition coefficient (Wildman–Crippen LogP) is 7.04. The van der Waals surface area contributed by atoms with Gasteiger partial charge in [0.15, 0.2) is 11.6 Å². The molecule has 3 fully saturated rings. The summed E-state index contributed by atoms with van der Waals surface area (Å²) >= 11 is 0. The average molecular weight is 669 g/mol. The van der Waals surface area contributed by atoms with Crippen LogP contribution in [-0.2, 0) is 20.9 Å². The van der Waals surface area contributed by atoms with Gasteiger partial charge in [-0.15, -0.1) is 0 Å². The zero-order valence-corrected chi connectivity index (χ0v) is 28.5. The van der Waals surface area contributed by atoms with Crippen molar-refractivity contribution in [2.75, 3.05) is 13.7 Å². The van der Waals surface area contributed by atoms with E-state index in [9.17, 15) is 14.4 Å². The highest BCUT2D eigenvalue weighted by molar-refractivity contribution is 5.98. The topological polar surface area (TPSA) is 103 Å². The number of ether oxygens (including phenoxy) is 3. The van der Waals surface area contributed by atoms with E-state index in [0.29, 0.717) is 38.6 Å². The van der Waals surface area contributed by atoms with E-state index in [1.54, 1.807) is 0 Å². The minimum Gasteiger partial charge on any atom is -0.496 e. The molecule has 7 rings (SSSR count). The van der Waals surface area contributed by atoms with Crippen LogP contribution in [0.3, 0.4) is 0 Å². The van der Waals surface area contributed by atoms with Crippen LogP contribution in [0.25, 0.3) is 10.8 Å². The highest BCUT2D eigenvalue weighted by Crippen LogP contribution is 2.49. The van der Waals surface area contributed by atoms with Crippen LogP contribution in [0.1, 0.15) is 81.1 Å². The van der Waals surface area contributed by atoms with Crippen LogP contribution in [0.15, 0.2) is 66.2 Å². The van der Waals surface area contributed by atoms with E-state index in [2.05, 4.69) is 23.6 Å². The van der Waals surface area contributed by atoms with Gasteiger partial charge in [0.2, 0.25) is 5.91 Å². The number of carbonyl (C=O) groups excluding carboxylic acids is 3. The van der Waals surface area contributed by atoms with Gasteiger partial charge in [0, 0.05) is 24.6 Å². The second-order valence-electron chi connectivity index (χ2n) is 15.0. The number of halogens is 1. The van der Waals surface area contributed by atoms with Crippen molar-refractivity contribution in [3.05, 3.63) is 83.2 Å². The van der Waals surface area contributed by atoms with Crippen LogP contribution in [0, 0.1) is 28.5 Å². The number of benzene rings is 3. The quantitative estimate of drug-likeness (QED) is 0.168. The number of hydrogen-bond acceptors (Lipinski definition) is 6. The smallest absolute Gasteiger partial charge is 0.312 e. The number of hydrogen-bond donors (Lipinski definition) is 2. The molecule has 8 nitrogen and oxygen atoms in total. The number of nitrogens with one attached hydrogen (secondary N) is 2. The summed E-state index contributed by atoms with van der Waals surface area (Å²) in [7, 11) is 1.39. The lowest BCUT2D eigenvalue weighted by atomic mass is 9.70. The summed E-state index contributed by atoms with van der Waals surface area (Å²) in [5.74, 6) is -1.59. The molecule has 0 unspecified atom stereocenters. The normalized spacial score (nSPS) is 26.5. The maximum absolute atomic E-state index is 15.3. The second-order valence-corrected chi connectivity index (χ2v) is 15.0. The van der Waals surface area contributed by atoms with Gasteiger partial charge < -0.3 is 24.8 Å². The lowest BCUT2D eigenvalue weighted by Crippen LogP contribution is -2.48. The van der Waals surface area contributed by atoms with Crippen molar-refractivity contribution in [2.45, 2.75) is 84.0 Å². The third-order valence-corrected chi connectivity index (χ3v) is 11.4. The molecule has 9 heteroatoms. The molecule has 4 aliphatic carbocycles. The van der Waals surface area contributed by atoms with Crippen molar-refractivity contribution in [1.82, 2.24) is 10.6 Å². The Morgan fingerprint density at radius 3 is 2.45 bits per heavy atom. The van der Waals surface area contributed by atoms with Crippen LogP contribution in [0.4, 0.5) is 4.39 Å². The summed E-state index contributed by atoms with van der Waals surface area (Å²) in [5.41, 5.74) is 1.78. The van der Waals surface area contributed by atoms with Crippen LogP contribution in [0.5, 0.6) is 11.5 Å². The first-order chi connectivity index (χ1) is 23.6. The number of allylic oxidation sites excluding steroid dienone is 1. The number of esters is 1. The summed E-state index contributed by atoms with van der Waals surface area (Å²) < 4.78 is 32.6. The van der Waals surface area contributed by atoms with E-state index in [1.807, 2.05) is 49.4 Å². The first kappa shape index (κ1) is 33.1. The Balaban J connectivity index is 0.963. The number of amides is 2. The second kappa shape index (κ2) is 13.1. The fraction of sp³-hybridized carbons (Fsp3) is 0.475. The SMILES string of the molecule is COc1cc(F)c(OC2CCC(C)(C(=O)OCc3cccc4ccccc34)CC2)cc1C(=O)N[C@@H]1CC2=C[C@@H]2[C@@H]1C(=O)NCC1(C)CCC1. The fourth-order valence-electron chi connectivity index (χ4n) is 7.90. The van der Waals surface area contributed by atoms with E-state index < -0.39 is 17.1 Å². The number of fused-ring (bicyclic) bond motifs is 2. The molecule has 3 atom stereocenters. The molecule has 0 spiro atoms. The highest BCUT2D eigenvalue weighted by atomic mass is 19.1. The molecule has 3 aromatic rings. The zero-order chi connectivity index (χ0) is 34.3. The predicted molar refractivity (Wildman–Crippen MR) is 184 cm³/mol. The molecule has 3 saturated carbocycles. The molecule has 0 aromatic heterocycles. The molecule has 2 N–H and O–H groups in total. The summed E-state index contributed by atoms with van der Waals surface area (Å²) in [6.45, 7) is 4.95. The summed E-state index contributed by atoms with van der Waals surface area (Å²) in [5, 5.41) is 8.34. The summed E-state index contributed by atoms with van der Waals surface area (Å²) in [4.78, 5) is 40.1. The monoisotopic (exact) mass is 668 g/mol. The van der Waals surface area contributed by atoms with E-state index in [0.717, 1.165) is 29.2 Å². The van der Waals surface area contributed by atoms with Gasteiger partial charge in [-0.1, -0.05) is 67.5 Å². The Morgan fingerprint density at radius 2 is 1.71 bits per heavy atom. The van der Waals surface area contributed by atoms with Gasteiger partial charge in [-0.3, -0.25) is 14.4 Å². The molecule has 0 radical (unpaired) electrons.